The Morgan fingerprint density at radius 1 is 1.32 bits per heavy atom. The fourth-order valence-corrected chi connectivity index (χ4v) is 3.17. The molecule has 8 heteroatoms. The van der Waals surface area contributed by atoms with E-state index in [9.17, 15) is 13.2 Å². The van der Waals surface area contributed by atoms with Crippen LogP contribution in [0.1, 0.15) is 24.9 Å². The molecule has 0 aromatic heterocycles. The van der Waals surface area contributed by atoms with Gasteiger partial charge in [-0.05, 0) is 43.7 Å². The van der Waals surface area contributed by atoms with Gasteiger partial charge in [0.05, 0.1) is 13.4 Å². The fraction of sp³-hybridized carbons (Fsp3) is 0.471. The van der Waals surface area contributed by atoms with E-state index in [4.69, 9.17) is 14.0 Å². The smallest absolute Gasteiger partial charge is 0.331 e. The Morgan fingerprint density at radius 3 is 2.40 bits per heavy atom. The summed E-state index contributed by atoms with van der Waals surface area (Å²) < 4.78 is 36.5. The third-order valence-corrected chi connectivity index (χ3v) is 4.29. The second kappa shape index (κ2) is 7.15. The number of esters is 1. The molecule has 7 nitrogen and oxygen atoms in total. The van der Waals surface area contributed by atoms with Crippen molar-refractivity contribution in [2.45, 2.75) is 25.0 Å². The number of carbonyl (C=O) groups is 1. The maximum Gasteiger partial charge on any atom is 0.331 e. The first-order valence-electron chi connectivity index (χ1n) is 7.72. The molecule has 0 saturated carbocycles. The number of carbonyl (C=O) groups excluding carboxylic acids is 1. The molecule has 1 aromatic rings. The van der Waals surface area contributed by atoms with Crippen LogP contribution in [0, 0.1) is 0 Å². The van der Waals surface area contributed by atoms with Crippen molar-refractivity contribution in [2.75, 3.05) is 27.0 Å². The van der Waals surface area contributed by atoms with E-state index < -0.39 is 15.7 Å². The Bertz CT molecular complexity index is 763. The molecule has 0 amide bonds. The molecule has 2 aliphatic rings. The second-order valence-corrected chi connectivity index (χ2v) is 7.93. The first kappa shape index (κ1) is 19.4. The lowest BCUT2D eigenvalue weighted by Crippen LogP contribution is -2.47. The van der Waals surface area contributed by atoms with Gasteiger partial charge >= 0.3 is 5.97 Å². The van der Waals surface area contributed by atoms with Crippen molar-refractivity contribution in [3.8, 4) is 5.75 Å². The van der Waals surface area contributed by atoms with E-state index in [0.29, 0.717) is 6.26 Å². The molecule has 2 heterocycles. The summed E-state index contributed by atoms with van der Waals surface area (Å²) in [6.45, 7) is 2.71. The number of ether oxygens (including phenoxy) is 2. The molecule has 0 aliphatic carbocycles. The zero-order valence-electron chi connectivity index (χ0n) is 14.7. The van der Waals surface area contributed by atoms with E-state index >= 15 is 0 Å². The third-order valence-electron chi connectivity index (χ3n) is 4.29. The summed E-state index contributed by atoms with van der Waals surface area (Å²) in [5.41, 5.74) is 1.88. The number of hydrogen-bond donors (Lipinski definition) is 1. The zero-order valence-corrected chi connectivity index (χ0v) is 15.5. The normalized spacial score (nSPS) is 26.0. The summed E-state index contributed by atoms with van der Waals surface area (Å²) in [5.74, 6) is 0.641. The van der Waals surface area contributed by atoms with E-state index in [-0.39, 0.29) is 12.0 Å². The molecule has 1 aromatic carbocycles. The molecule has 1 saturated heterocycles. The quantitative estimate of drug-likeness (QED) is 0.628. The van der Waals surface area contributed by atoms with Gasteiger partial charge in [-0.2, -0.15) is 8.42 Å². The lowest BCUT2D eigenvalue weighted by atomic mass is 9.83. The Labute approximate surface area is 148 Å². The molecule has 1 fully saturated rings. The SMILES string of the molecule is COc1ccc(C2CC3=CC(=O)OC3(C)CN2C)cc1.CS(=O)(=O)O. The standard InChI is InChI=1S/C16H19NO3.CH4O3S/c1-16-10-17(2)14(8-12(16)9-15(18)20-16)11-4-6-13(19-3)7-5-11;1-5(2,3)4/h4-7,9,14H,8,10H2,1-3H3;1H3,(H,2,3,4). The van der Waals surface area contributed by atoms with E-state index in [1.54, 1.807) is 13.2 Å². The number of likely N-dealkylation sites (tertiary alicyclic amines) is 1. The van der Waals surface area contributed by atoms with Gasteiger partial charge in [-0.15, -0.1) is 0 Å². The minimum Gasteiger partial charge on any atom is -0.497 e. The molecule has 138 valence electrons. The lowest BCUT2D eigenvalue weighted by molar-refractivity contribution is -0.147. The summed E-state index contributed by atoms with van der Waals surface area (Å²) in [6.07, 6.45) is 3.20. The van der Waals surface area contributed by atoms with Crippen LogP contribution >= 0.6 is 0 Å². The maximum atomic E-state index is 11.5. The first-order chi connectivity index (χ1) is 11.5. The summed E-state index contributed by atoms with van der Waals surface area (Å²) in [7, 11) is 0.0720. The predicted molar refractivity (Wildman–Crippen MR) is 93.0 cm³/mol. The van der Waals surface area contributed by atoms with Gasteiger partial charge in [-0.3, -0.25) is 9.45 Å². The molecule has 0 bridgehead atoms. The molecule has 2 unspecified atom stereocenters. The Hall–Kier alpha value is -1.90. The van der Waals surface area contributed by atoms with Crippen LogP contribution in [0.5, 0.6) is 5.75 Å². The number of fused-ring (bicyclic) bond motifs is 1. The Kier molecular flexibility index (Phi) is 5.55. The van der Waals surface area contributed by atoms with Crippen molar-refractivity contribution < 1.29 is 27.2 Å². The molecule has 0 spiro atoms. The molecule has 1 N–H and O–H groups in total. The van der Waals surface area contributed by atoms with Gasteiger partial charge in [0.1, 0.15) is 11.4 Å². The monoisotopic (exact) mass is 369 g/mol. The van der Waals surface area contributed by atoms with Crippen LogP contribution in [-0.2, 0) is 19.6 Å². The van der Waals surface area contributed by atoms with Gasteiger partial charge in [-0.25, -0.2) is 4.79 Å². The van der Waals surface area contributed by atoms with Crippen molar-refractivity contribution in [3.63, 3.8) is 0 Å². The van der Waals surface area contributed by atoms with Gasteiger partial charge in [0.25, 0.3) is 10.1 Å². The van der Waals surface area contributed by atoms with Crippen molar-refractivity contribution in [2.24, 2.45) is 0 Å². The van der Waals surface area contributed by atoms with E-state index in [0.717, 1.165) is 24.3 Å². The van der Waals surface area contributed by atoms with E-state index in [2.05, 4.69) is 24.1 Å². The van der Waals surface area contributed by atoms with Crippen LogP contribution in [0.15, 0.2) is 35.9 Å². The minimum absolute atomic E-state index is 0.216. The van der Waals surface area contributed by atoms with Gasteiger partial charge in [-0.1, -0.05) is 12.1 Å². The fourth-order valence-electron chi connectivity index (χ4n) is 3.17. The number of piperidine rings is 1. The van der Waals surface area contributed by atoms with Crippen LogP contribution < -0.4 is 4.74 Å². The van der Waals surface area contributed by atoms with Crippen molar-refractivity contribution in [1.82, 2.24) is 4.90 Å². The van der Waals surface area contributed by atoms with Crippen LogP contribution in [0.2, 0.25) is 0 Å². The van der Waals surface area contributed by atoms with Gasteiger partial charge in [0, 0.05) is 18.7 Å². The highest BCUT2D eigenvalue weighted by Gasteiger charge is 2.45. The van der Waals surface area contributed by atoms with Gasteiger partial charge in [0.2, 0.25) is 0 Å². The second-order valence-electron chi connectivity index (χ2n) is 6.46. The minimum atomic E-state index is -3.67. The van der Waals surface area contributed by atoms with Gasteiger partial charge < -0.3 is 9.47 Å². The highest BCUT2D eigenvalue weighted by atomic mass is 32.2. The number of benzene rings is 1. The topological polar surface area (TPSA) is 93.1 Å². The maximum absolute atomic E-state index is 11.5. The summed E-state index contributed by atoms with van der Waals surface area (Å²) >= 11 is 0. The summed E-state index contributed by atoms with van der Waals surface area (Å²) in [4.78, 5) is 13.8. The average molecular weight is 369 g/mol. The van der Waals surface area contributed by atoms with Crippen molar-refractivity contribution >= 4 is 16.1 Å². The van der Waals surface area contributed by atoms with E-state index in [1.165, 1.54) is 5.56 Å². The number of methoxy groups -OCH3 is 1. The highest BCUT2D eigenvalue weighted by molar-refractivity contribution is 7.85. The number of rotatable bonds is 2. The average Bonchev–Trinajstić information content (AvgIpc) is 2.77. The molecule has 2 atom stereocenters. The molecule has 2 aliphatic heterocycles. The zero-order chi connectivity index (χ0) is 18.8. The van der Waals surface area contributed by atoms with Gasteiger partial charge in [0.15, 0.2) is 0 Å². The Balaban J connectivity index is 0.000000399. The first-order valence-corrected chi connectivity index (χ1v) is 9.57. The number of hydrogen-bond acceptors (Lipinski definition) is 6. The largest absolute Gasteiger partial charge is 0.497 e. The number of nitrogens with zero attached hydrogens (tertiary/aromatic N) is 1. The number of likely N-dealkylation sites (N-methyl/N-ethyl adjacent to an activating group) is 1. The summed E-state index contributed by atoms with van der Waals surface area (Å²) in [6, 6.07) is 8.39. The molecular formula is C17H23NO6S. The van der Waals surface area contributed by atoms with Crippen LogP contribution in [-0.4, -0.2) is 56.4 Å². The predicted octanol–water partition coefficient (Wildman–Crippen LogP) is 1.82. The highest BCUT2D eigenvalue weighted by Crippen LogP contribution is 2.42. The van der Waals surface area contributed by atoms with Crippen molar-refractivity contribution in [3.05, 3.63) is 41.5 Å². The Morgan fingerprint density at radius 2 is 1.88 bits per heavy atom. The van der Waals surface area contributed by atoms with Crippen LogP contribution in [0.4, 0.5) is 0 Å². The molecule has 25 heavy (non-hydrogen) atoms. The third kappa shape index (κ3) is 5.04. The van der Waals surface area contributed by atoms with Crippen LogP contribution in [0.3, 0.4) is 0 Å². The van der Waals surface area contributed by atoms with E-state index in [1.807, 2.05) is 19.1 Å². The molecule has 3 rings (SSSR count). The summed E-state index contributed by atoms with van der Waals surface area (Å²) in [5, 5.41) is 0. The van der Waals surface area contributed by atoms with Crippen molar-refractivity contribution in [1.29, 1.82) is 0 Å². The molecule has 0 radical (unpaired) electrons. The molecular weight excluding hydrogens is 346 g/mol. The van der Waals surface area contributed by atoms with Crippen LogP contribution in [0.25, 0.3) is 0 Å². The lowest BCUT2D eigenvalue weighted by Gasteiger charge is -2.42.